The number of pyridine rings is 1. The number of hydrogen-bond donors (Lipinski definition) is 1. The van der Waals surface area contributed by atoms with Crippen molar-refractivity contribution in [1.29, 1.82) is 0 Å². The van der Waals surface area contributed by atoms with Crippen LogP contribution in [0.4, 0.5) is 0 Å². The predicted octanol–water partition coefficient (Wildman–Crippen LogP) is 0.235. The van der Waals surface area contributed by atoms with Gasteiger partial charge in [0.15, 0.2) is 0 Å². The van der Waals surface area contributed by atoms with Gasteiger partial charge in [-0.25, -0.2) is 4.98 Å². The molecule has 0 aliphatic carbocycles. The minimum Gasteiger partial charge on any atom is -0.372 e. The summed E-state index contributed by atoms with van der Waals surface area (Å²) in [5.41, 5.74) is 0.0896. The summed E-state index contributed by atoms with van der Waals surface area (Å²) in [6.07, 6.45) is 1.20. The fourth-order valence-electron chi connectivity index (χ4n) is 0.839. The van der Waals surface area contributed by atoms with Crippen LogP contribution in [0.3, 0.4) is 0 Å². The molecule has 1 aromatic heterocycles. The van der Waals surface area contributed by atoms with Crippen molar-refractivity contribution in [2.75, 3.05) is 0 Å². The van der Waals surface area contributed by atoms with Gasteiger partial charge in [0.1, 0.15) is 5.15 Å². The molecule has 1 rings (SSSR count). The van der Waals surface area contributed by atoms with Gasteiger partial charge in [-0.1, -0.05) is 28.4 Å². The normalized spacial score (nSPS) is 11.1. The van der Waals surface area contributed by atoms with Gasteiger partial charge in [0.25, 0.3) is 5.91 Å². The number of nitrogens with one attached hydrogen (secondary N) is 1. The van der Waals surface area contributed by atoms with Gasteiger partial charge in [0.05, 0.1) is 34.1 Å². The number of halogens is 2. The molecule has 0 fully saturated rings. The zero-order chi connectivity index (χ0) is 11.6. The monoisotopic (exact) mass is 234 g/mol. The van der Waals surface area contributed by atoms with E-state index in [0.717, 1.165) is 0 Å². The van der Waals surface area contributed by atoms with Crippen LogP contribution in [0, 0.1) is 0 Å². The summed E-state index contributed by atoms with van der Waals surface area (Å²) in [4.78, 5) is 15.2. The molecule has 0 bridgehead atoms. The van der Waals surface area contributed by atoms with Crippen LogP contribution in [-0.2, 0) is 0 Å². The van der Waals surface area contributed by atoms with Crippen LogP contribution in [0.2, 0.25) is 10.2 Å². The van der Waals surface area contributed by atoms with E-state index in [0.29, 0.717) is 0 Å². The third kappa shape index (κ3) is 3.80. The second kappa shape index (κ2) is 4.50. The molecule has 0 spiro atoms. The highest BCUT2D eigenvalue weighted by Gasteiger charge is 2.17. The van der Waals surface area contributed by atoms with Gasteiger partial charge in [0, 0.05) is 6.20 Å². The van der Waals surface area contributed by atoms with Crippen molar-refractivity contribution >= 4 is 52.6 Å². The van der Waals surface area contributed by atoms with E-state index in [9.17, 15) is 4.79 Å². The zero-order valence-corrected chi connectivity index (χ0v) is 9.01. The third-order valence-electron chi connectivity index (χ3n) is 1.39. The second-order valence-electron chi connectivity index (χ2n) is 2.87. The molecule has 6 radical (unpaired) electrons. The first kappa shape index (κ1) is 12.5. The van der Waals surface area contributed by atoms with E-state index in [1.54, 1.807) is 0 Å². The number of hydrogen-bond acceptors (Lipinski definition) is 2. The summed E-state index contributed by atoms with van der Waals surface area (Å²) in [5, 5.41) is 0.630. The molecule has 0 atom stereocenters. The Hall–Kier alpha value is -0.605. The Morgan fingerprint density at radius 1 is 1.40 bits per heavy atom. The Morgan fingerprint density at radius 3 is 2.47 bits per heavy atom. The van der Waals surface area contributed by atoms with Gasteiger partial charge in [-0.15, -0.1) is 0 Å². The van der Waals surface area contributed by atoms with Crippen LogP contribution in [0.1, 0.15) is 10.4 Å². The van der Waals surface area contributed by atoms with Gasteiger partial charge in [-0.2, -0.15) is 0 Å². The topological polar surface area (TPSA) is 42.0 Å². The molecule has 15 heavy (non-hydrogen) atoms. The molecule has 0 aliphatic heterocycles. The van der Waals surface area contributed by atoms with Crippen LogP contribution in [0.15, 0.2) is 12.3 Å². The van der Waals surface area contributed by atoms with E-state index in [1.807, 2.05) is 0 Å². The Morgan fingerprint density at radius 2 is 2.00 bits per heavy atom. The first-order valence-electron chi connectivity index (χ1n) is 3.80. The number of amides is 1. The minimum atomic E-state index is -1.81. The Bertz CT molecular complexity index is 394. The molecule has 0 unspecified atom stereocenters. The van der Waals surface area contributed by atoms with Crippen molar-refractivity contribution in [2.45, 2.75) is 5.24 Å². The molecular weight excluding hydrogens is 231 g/mol. The highest BCUT2D eigenvalue weighted by atomic mass is 35.5. The smallest absolute Gasteiger partial charge is 0.252 e. The summed E-state index contributed by atoms with van der Waals surface area (Å²) in [7, 11) is 15.6. The number of carbonyl (C=O) groups is 1. The van der Waals surface area contributed by atoms with E-state index in [-0.39, 0.29) is 15.7 Å². The average molecular weight is 234 g/mol. The predicted molar refractivity (Wildman–Crippen MR) is 61.7 cm³/mol. The number of nitrogens with zero attached hydrogens (tertiary/aromatic N) is 1. The molecule has 1 amide bonds. The fraction of sp³-hybridized carbons (Fsp3) is 0.143. The lowest BCUT2D eigenvalue weighted by Crippen LogP contribution is -2.50. The number of carbonyl (C=O) groups excluding carboxylic acids is 1. The van der Waals surface area contributed by atoms with Crippen molar-refractivity contribution < 1.29 is 4.79 Å². The Kier molecular flexibility index (Phi) is 3.74. The first-order valence-corrected chi connectivity index (χ1v) is 4.55. The summed E-state index contributed by atoms with van der Waals surface area (Å²) in [6.45, 7) is 0. The van der Waals surface area contributed by atoms with E-state index in [1.165, 1.54) is 12.3 Å². The van der Waals surface area contributed by atoms with Gasteiger partial charge in [0.2, 0.25) is 0 Å². The van der Waals surface area contributed by atoms with Crippen LogP contribution in [-0.4, -0.2) is 39.7 Å². The highest BCUT2D eigenvalue weighted by molar-refractivity contribution is 6.60. The van der Waals surface area contributed by atoms with Crippen molar-refractivity contribution in [2.24, 2.45) is 0 Å². The van der Waals surface area contributed by atoms with Crippen LogP contribution < -0.4 is 5.32 Å². The van der Waals surface area contributed by atoms with E-state index in [4.69, 9.17) is 46.7 Å². The van der Waals surface area contributed by atoms with Crippen LogP contribution >= 0.6 is 23.2 Å². The van der Waals surface area contributed by atoms with E-state index in [2.05, 4.69) is 10.3 Å². The fourth-order valence-corrected chi connectivity index (χ4v) is 1.29. The molecule has 8 heteroatoms. The molecule has 3 nitrogen and oxygen atoms in total. The lowest BCUT2D eigenvalue weighted by atomic mass is 9.49. The zero-order valence-electron chi connectivity index (χ0n) is 7.50. The van der Waals surface area contributed by atoms with Gasteiger partial charge >= 0.3 is 0 Å². The van der Waals surface area contributed by atoms with E-state index < -0.39 is 11.1 Å². The average Bonchev–Trinajstić information content (AvgIpc) is 1.99. The minimum absolute atomic E-state index is 0.0896. The van der Waals surface area contributed by atoms with E-state index >= 15 is 0 Å². The number of aromatic nitrogens is 1. The Labute approximate surface area is 101 Å². The SMILES string of the molecule is [B]C([B])([B])NC(=O)c1cnc(Cl)cc1Cl. The third-order valence-corrected chi connectivity index (χ3v) is 1.91. The van der Waals surface area contributed by atoms with Gasteiger partial charge < -0.3 is 5.32 Å². The van der Waals surface area contributed by atoms with Crippen molar-refractivity contribution in [3.05, 3.63) is 28.0 Å². The maximum atomic E-state index is 11.5. The summed E-state index contributed by atoms with van der Waals surface area (Å²) < 4.78 is 0. The Balaban J connectivity index is 2.92. The second-order valence-corrected chi connectivity index (χ2v) is 3.67. The van der Waals surface area contributed by atoms with Crippen LogP contribution in [0.5, 0.6) is 0 Å². The lowest BCUT2D eigenvalue weighted by molar-refractivity contribution is 0.0952. The molecule has 0 saturated heterocycles. The van der Waals surface area contributed by atoms with Crippen molar-refractivity contribution in [1.82, 2.24) is 10.3 Å². The highest BCUT2D eigenvalue weighted by Crippen LogP contribution is 2.18. The quantitative estimate of drug-likeness (QED) is 0.588. The lowest BCUT2D eigenvalue weighted by Gasteiger charge is -2.22. The van der Waals surface area contributed by atoms with Crippen molar-refractivity contribution in [3.8, 4) is 0 Å². The van der Waals surface area contributed by atoms with Gasteiger partial charge in [-0.05, 0) is 6.07 Å². The van der Waals surface area contributed by atoms with Crippen molar-refractivity contribution in [3.63, 3.8) is 0 Å². The summed E-state index contributed by atoms with van der Waals surface area (Å²) in [5.74, 6) is -0.628. The molecule has 0 aliphatic rings. The maximum absolute atomic E-state index is 11.5. The maximum Gasteiger partial charge on any atom is 0.252 e. The van der Waals surface area contributed by atoms with Crippen LogP contribution in [0.25, 0.3) is 0 Å². The molecule has 70 valence electrons. The van der Waals surface area contributed by atoms with Gasteiger partial charge in [-0.3, -0.25) is 4.79 Å². The molecule has 1 heterocycles. The summed E-state index contributed by atoms with van der Waals surface area (Å²) in [6, 6.07) is 1.32. The molecule has 0 saturated carbocycles. The first-order chi connectivity index (χ1) is 6.79. The molecule has 0 aromatic carbocycles. The molecular formula is C7H3B3Cl2N2O. The standard InChI is InChI=1S/C7H3B3Cl2N2O/c8-7(9,10)14-6(15)3-2-13-5(12)1-4(3)11/h1-2H,(H,14,15). The summed E-state index contributed by atoms with van der Waals surface area (Å²) >= 11 is 11.3. The largest absolute Gasteiger partial charge is 0.372 e. The molecule has 1 aromatic rings. The number of rotatable bonds is 2. The molecule has 1 N–H and O–H groups in total.